The Labute approximate surface area is 82.3 Å². The second-order valence-corrected chi connectivity index (χ2v) is 4.58. The fourth-order valence-corrected chi connectivity index (χ4v) is 2.98. The van der Waals surface area contributed by atoms with E-state index in [2.05, 4.69) is 4.57 Å². The number of aldehydes is 1. The first-order valence-corrected chi connectivity index (χ1v) is 5.73. The van der Waals surface area contributed by atoms with E-state index in [9.17, 15) is 4.79 Å². The van der Waals surface area contributed by atoms with E-state index >= 15 is 0 Å². The minimum Gasteiger partial charge on any atom is -0.345 e. The van der Waals surface area contributed by atoms with Gasteiger partial charge in [-0.15, -0.1) is 0 Å². The highest BCUT2D eigenvalue weighted by molar-refractivity contribution is 7.99. The minimum atomic E-state index is 0.760. The maximum absolute atomic E-state index is 10.6. The van der Waals surface area contributed by atoms with Gasteiger partial charge in [-0.1, -0.05) is 0 Å². The smallest absolute Gasteiger partial charge is 0.166 e. The molecule has 1 unspecified atom stereocenters. The maximum atomic E-state index is 10.6. The van der Waals surface area contributed by atoms with Crippen molar-refractivity contribution in [3.05, 3.63) is 24.0 Å². The van der Waals surface area contributed by atoms with E-state index in [4.69, 9.17) is 0 Å². The molecule has 3 heteroatoms. The molecule has 2 nitrogen and oxygen atoms in total. The van der Waals surface area contributed by atoms with Gasteiger partial charge in [0.25, 0.3) is 0 Å². The molecule has 0 aliphatic carbocycles. The molecule has 2 heterocycles. The normalized spacial score (nSPS) is 22.0. The number of hydrogen-bond acceptors (Lipinski definition) is 2. The summed E-state index contributed by atoms with van der Waals surface area (Å²) in [5, 5.41) is 0. The Bertz CT molecular complexity index is 289. The summed E-state index contributed by atoms with van der Waals surface area (Å²) in [6.45, 7) is 1.01. The van der Waals surface area contributed by atoms with Gasteiger partial charge in [0.1, 0.15) is 0 Å². The van der Waals surface area contributed by atoms with Gasteiger partial charge in [0.05, 0.1) is 5.69 Å². The highest BCUT2D eigenvalue weighted by Crippen LogP contribution is 2.25. The van der Waals surface area contributed by atoms with E-state index < -0.39 is 0 Å². The van der Waals surface area contributed by atoms with Gasteiger partial charge >= 0.3 is 0 Å². The highest BCUT2D eigenvalue weighted by atomic mass is 32.2. The number of carbonyl (C=O) groups is 1. The molecule has 1 aliphatic heterocycles. The Balaban J connectivity index is 2.03. The Hall–Kier alpha value is -0.700. The summed E-state index contributed by atoms with van der Waals surface area (Å²) in [6, 6.07) is 3.81. The topological polar surface area (TPSA) is 22.0 Å². The van der Waals surface area contributed by atoms with Crippen molar-refractivity contribution in [2.45, 2.75) is 13.0 Å². The number of hydrogen-bond donors (Lipinski definition) is 0. The largest absolute Gasteiger partial charge is 0.345 e. The lowest BCUT2D eigenvalue weighted by molar-refractivity contribution is 0.111. The predicted octanol–water partition coefficient (Wildman–Crippen LogP) is 2.05. The highest BCUT2D eigenvalue weighted by Gasteiger charge is 2.16. The van der Waals surface area contributed by atoms with Gasteiger partial charge in [0.15, 0.2) is 6.29 Å². The summed E-state index contributed by atoms with van der Waals surface area (Å²) >= 11 is 2.02. The van der Waals surface area contributed by atoms with Gasteiger partial charge in [-0.25, -0.2) is 0 Å². The summed E-state index contributed by atoms with van der Waals surface area (Å²) < 4.78 is 2.06. The molecule has 13 heavy (non-hydrogen) atoms. The van der Waals surface area contributed by atoms with Crippen LogP contribution >= 0.6 is 11.8 Å². The van der Waals surface area contributed by atoms with E-state index in [-0.39, 0.29) is 0 Å². The van der Waals surface area contributed by atoms with E-state index in [0.717, 1.165) is 24.4 Å². The second kappa shape index (κ2) is 4.01. The summed E-state index contributed by atoms with van der Waals surface area (Å²) in [5.74, 6) is 3.29. The molecule has 0 amide bonds. The van der Waals surface area contributed by atoms with Crippen LogP contribution in [0, 0.1) is 5.92 Å². The van der Waals surface area contributed by atoms with Crippen molar-refractivity contribution in [2.24, 2.45) is 5.92 Å². The van der Waals surface area contributed by atoms with Crippen molar-refractivity contribution in [2.75, 3.05) is 11.5 Å². The molecule has 70 valence electrons. The number of rotatable bonds is 3. The van der Waals surface area contributed by atoms with Crippen LogP contribution in [0.4, 0.5) is 0 Å². The van der Waals surface area contributed by atoms with Crippen LogP contribution in [0.1, 0.15) is 16.9 Å². The molecule has 0 N–H and O–H groups in total. The lowest BCUT2D eigenvalue weighted by atomic mass is 10.1. The first kappa shape index (κ1) is 8.88. The van der Waals surface area contributed by atoms with E-state index in [1.165, 1.54) is 17.9 Å². The summed E-state index contributed by atoms with van der Waals surface area (Å²) in [5.41, 5.74) is 0.803. The van der Waals surface area contributed by atoms with Crippen molar-refractivity contribution in [1.82, 2.24) is 4.57 Å². The van der Waals surface area contributed by atoms with Crippen LogP contribution in [0.25, 0.3) is 0 Å². The summed E-state index contributed by atoms with van der Waals surface area (Å²) in [6.07, 6.45) is 4.22. The van der Waals surface area contributed by atoms with Crippen molar-refractivity contribution >= 4 is 18.0 Å². The zero-order valence-electron chi connectivity index (χ0n) is 7.48. The third kappa shape index (κ3) is 1.97. The molecule has 0 radical (unpaired) electrons. The lowest BCUT2D eigenvalue weighted by Gasteiger charge is -2.10. The summed E-state index contributed by atoms with van der Waals surface area (Å²) in [4.78, 5) is 10.6. The van der Waals surface area contributed by atoms with E-state index in [1.54, 1.807) is 0 Å². The number of aromatic nitrogens is 1. The first-order chi connectivity index (χ1) is 6.40. The monoisotopic (exact) mass is 195 g/mol. The van der Waals surface area contributed by atoms with Crippen LogP contribution in [0.3, 0.4) is 0 Å². The molecule has 1 saturated heterocycles. The fraction of sp³-hybridized carbons (Fsp3) is 0.500. The average Bonchev–Trinajstić information content (AvgIpc) is 2.76. The molecule has 0 spiro atoms. The standard InChI is InChI=1S/C10H13NOS/c12-7-10-2-1-4-11(10)6-9-3-5-13-8-9/h1-2,4,7,9H,3,5-6,8H2. The van der Waals surface area contributed by atoms with Crippen LogP contribution in [-0.2, 0) is 6.54 Å². The molecular weight excluding hydrogens is 182 g/mol. The Morgan fingerprint density at radius 2 is 2.62 bits per heavy atom. The van der Waals surface area contributed by atoms with Gasteiger partial charge in [0.2, 0.25) is 0 Å². The Kier molecular flexibility index (Phi) is 2.74. The zero-order valence-corrected chi connectivity index (χ0v) is 8.30. The molecule has 0 bridgehead atoms. The zero-order chi connectivity index (χ0) is 9.10. The second-order valence-electron chi connectivity index (χ2n) is 3.43. The van der Waals surface area contributed by atoms with Gasteiger partial charge in [-0.2, -0.15) is 11.8 Å². The van der Waals surface area contributed by atoms with E-state index in [1.807, 2.05) is 30.1 Å². The minimum absolute atomic E-state index is 0.760. The molecule has 0 saturated carbocycles. The number of carbonyl (C=O) groups excluding carboxylic acids is 1. The Morgan fingerprint density at radius 3 is 3.31 bits per heavy atom. The molecular formula is C10H13NOS. The molecule has 1 aromatic rings. The van der Waals surface area contributed by atoms with Crippen LogP contribution in [0.2, 0.25) is 0 Å². The van der Waals surface area contributed by atoms with Crippen LogP contribution in [0.15, 0.2) is 18.3 Å². The summed E-state index contributed by atoms with van der Waals surface area (Å²) in [7, 11) is 0. The fourth-order valence-electron chi connectivity index (χ4n) is 1.71. The quantitative estimate of drug-likeness (QED) is 0.689. The third-order valence-electron chi connectivity index (χ3n) is 2.46. The number of thioether (sulfide) groups is 1. The molecule has 1 atom stereocenters. The Morgan fingerprint density at radius 1 is 1.69 bits per heavy atom. The van der Waals surface area contributed by atoms with Gasteiger partial charge in [-0.05, 0) is 36.0 Å². The van der Waals surface area contributed by atoms with Crippen LogP contribution in [-0.4, -0.2) is 22.4 Å². The SMILES string of the molecule is O=Cc1cccn1CC1CCSC1. The lowest BCUT2D eigenvalue weighted by Crippen LogP contribution is -2.11. The molecule has 1 aromatic heterocycles. The van der Waals surface area contributed by atoms with Gasteiger partial charge in [0, 0.05) is 12.7 Å². The average molecular weight is 195 g/mol. The predicted molar refractivity (Wildman–Crippen MR) is 55.3 cm³/mol. The first-order valence-electron chi connectivity index (χ1n) is 4.58. The van der Waals surface area contributed by atoms with Crippen molar-refractivity contribution in [3.63, 3.8) is 0 Å². The van der Waals surface area contributed by atoms with Crippen molar-refractivity contribution < 1.29 is 4.79 Å². The van der Waals surface area contributed by atoms with E-state index in [0.29, 0.717) is 0 Å². The van der Waals surface area contributed by atoms with Crippen molar-refractivity contribution in [1.29, 1.82) is 0 Å². The van der Waals surface area contributed by atoms with Crippen molar-refractivity contribution in [3.8, 4) is 0 Å². The number of nitrogens with zero attached hydrogens (tertiary/aromatic N) is 1. The molecule has 1 fully saturated rings. The third-order valence-corrected chi connectivity index (χ3v) is 3.70. The van der Waals surface area contributed by atoms with Gasteiger partial charge in [-0.3, -0.25) is 4.79 Å². The maximum Gasteiger partial charge on any atom is 0.166 e. The molecule has 1 aliphatic rings. The molecule has 2 rings (SSSR count). The van der Waals surface area contributed by atoms with Crippen LogP contribution in [0.5, 0.6) is 0 Å². The van der Waals surface area contributed by atoms with Crippen LogP contribution < -0.4 is 0 Å². The molecule has 0 aromatic carbocycles. The van der Waals surface area contributed by atoms with Gasteiger partial charge < -0.3 is 4.57 Å².